The second-order valence-corrected chi connectivity index (χ2v) is 7.71. The molecular weight excluding hydrogens is 366 g/mol. The molecule has 0 fully saturated rings. The van der Waals surface area contributed by atoms with Gasteiger partial charge >= 0.3 is 0 Å². The molecule has 5 heteroatoms. The quantitative estimate of drug-likeness (QED) is 0.726. The fourth-order valence-electron chi connectivity index (χ4n) is 3.67. The summed E-state index contributed by atoms with van der Waals surface area (Å²) >= 11 is 0. The molecule has 0 aromatic heterocycles. The molecule has 1 aliphatic heterocycles. The monoisotopic (exact) mass is 393 g/mol. The molecule has 0 saturated carbocycles. The van der Waals surface area contributed by atoms with Gasteiger partial charge in [0.1, 0.15) is 5.75 Å². The van der Waals surface area contributed by atoms with Crippen LogP contribution in [0, 0.1) is 12.8 Å². The van der Waals surface area contributed by atoms with Gasteiger partial charge in [0, 0.05) is 12.1 Å². The number of carbonyl (C=O) groups excluding carboxylic acids is 2. The van der Waals surface area contributed by atoms with E-state index >= 15 is 0 Å². The van der Waals surface area contributed by atoms with Crippen molar-refractivity contribution in [3.63, 3.8) is 0 Å². The van der Waals surface area contributed by atoms with Crippen LogP contribution in [0.4, 0.5) is 5.69 Å². The van der Waals surface area contributed by atoms with E-state index in [9.17, 15) is 14.7 Å². The van der Waals surface area contributed by atoms with Gasteiger partial charge in [-0.3, -0.25) is 14.5 Å². The van der Waals surface area contributed by atoms with E-state index in [0.29, 0.717) is 18.0 Å². The van der Waals surface area contributed by atoms with Crippen molar-refractivity contribution in [1.29, 1.82) is 0 Å². The number of Topliss-reactive ketones (excluding diaryl/α,β-unsaturated/α-hetero) is 1. The molecule has 1 N–H and O–H groups in total. The smallest absolute Gasteiger partial charge is 0.294 e. The second kappa shape index (κ2) is 8.52. The summed E-state index contributed by atoms with van der Waals surface area (Å²) in [5, 5.41) is 10.7. The highest BCUT2D eigenvalue weighted by molar-refractivity contribution is 6.16. The fourth-order valence-corrected chi connectivity index (χ4v) is 3.67. The number of carbonyl (C=O) groups is 2. The summed E-state index contributed by atoms with van der Waals surface area (Å²) in [5.74, 6) is -0.476. The molecule has 5 nitrogen and oxygen atoms in total. The summed E-state index contributed by atoms with van der Waals surface area (Å²) in [6.07, 6.45) is 0.260. The van der Waals surface area contributed by atoms with Gasteiger partial charge in [-0.25, -0.2) is 0 Å². The Hall–Kier alpha value is -3.08. The lowest BCUT2D eigenvalue weighted by Gasteiger charge is -2.27. The highest BCUT2D eigenvalue weighted by atomic mass is 16.5. The molecule has 1 unspecified atom stereocenters. The highest BCUT2D eigenvalue weighted by Crippen LogP contribution is 2.42. The largest absolute Gasteiger partial charge is 0.503 e. The molecule has 29 heavy (non-hydrogen) atoms. The summed E-state index contributed by atoms with van der Waals surface area (Å²) in [6.45, 7) is 8.22. The number of aryl methyl sites for hydroxylation is 1. The Bertz CT molecular complexity index is 961. The van der Waals surface area contributed by atoms with Gasteiger partial charge < -0.3 is 9.84 Å². The van der Waals surface area contributed by atoms with E-state index in [4.69, 9.17) is 4.74 Å². The number of anilines is 1. The van der Waals surface area contributed by atoms with E-state index in [1.54, 1.807) is 0 Å². The number of ketones is 1. The first-order chi connectivity index (χ1) is 13.8. The number of rotatable bonds is 7. The van der Waals surface area contributed by atoms with Crippen molar-refractivity contribution in [3.05, 3.63) is 71.0 Å². The van der Waals surface area contributed by atoms with Crippen LogP contribution in [0.25, 0.3) is 0 Å². The average molecular weight is 393 g/mol. The van der Waals surface area contributed by atoms with Crippen LogP contribution in [0.1, 0.15) is 44.4 Å². The van der Waals surface area contributed by atoms with Crippen molar-refractivity contribution in [3.8, 4) is 5.75 Å². The molecule has 1 heterocycles. The average Bonchev–Trinajstić information content (AvgIpc) is 2.93. The van der Waals surface area contributed by atoms with Crippen molar-refractivity contribution in [1.82, 2.24) is 0 Å². The van der Waals surface area contributed by atoms with Crippen LogP contribution in [0.3, 0.4) is 0 Å². The third-order valence-electron chi connectivity index (χ3n) is 4.87. The summed E-state index contributed by atoms with van der Waals surface area (Å²) in [7, 11) is 0. The van der Waals surface area contributed by atoms with Gasteiger partial charge in [0.25, 0.3) is 5.91 Å². The van der Waals surface area contributed by atoms with Crippen molar-refractivity contribution in [2.24, 2.45) is 5.92 Å². The van der Waals surface area contributed by atoms with Gasteiger partial charge in [0.05, 0.1) is 18.2 Å². The summed E-state index contributed by atoms with van der Waals surface area (Å²) in [4.78, 5) is 27.6. The molecule has 1 amide bonds. The maximum absolute atomic E-state index is 13.0. The molecule has 0 spiro atoms. The van der Waals surface area contributed by atoms with Gasteiger partial charge in [-0.15, -0.1) is 0 Å². The number of nitrogens with zero attached hydrogens (tertiary/aromatic N) is 1. The van der Waals surface area contributed by atoms with E-state index in [1.165, 1.54) is 4.90 Å². The van der Waals surface area contributed by atoms with Gasteiger partial charge in [0.2, 0.25) is 0 Å². The van der Waals surface area contributed by atoms with E-state index in [1.807, 2.05) is 76.2 Å². The second-order valence-electron chi connectivity index (χ2n) is 7.71. The number of hydrogen-bond acceptors (Lipinski definition) is 4. The first-order valence-electron chi connectivity index (χ1n) is 9.92. The SMILES string of the molecule is CCOc1cccc(C2C(C(=O)CC(C)C)=C(O)C(=O)N2c2cccc(C)c2)c1. The molecule has 2 aromatic rings. The molecule has 152 valence electrons. The Morgan fingerprint density at radius 2 is 1.90 bits per heavy atom. The van der Waals surface area contributed by atoms with Crippen LogP contribution in [-0.2, 0) is 9.59 Å². The lowest BCUT2D eigenvalue weighted by molar-refractivity contribution is -0.118. The van der Waals surface area contributed by atoms with Crippen LogP contribution in [0.15, 0.2) is 59.9 Å². The number of ether oxygens (including phenoxy) is 1. The van der Waals surface area contributed by atoms with Crippen LogP contribution in [0.2, 0.25) is 0 Å². The number of benzene rings is 2. The molecule has 0 bridgehead atoms. The first kappa shape index (κ1) is 20.6. The predicted molar refractivity (Wildman–Crippen MR) is 113 cm³/mol. The van der Waals surface area contributed by atoms with Crippen LogP contribution in [0.5, 0.6) is 5.75 Å². The Morgan fingerprint density at radius 1 is 1.17 bits per heavy atom. The van der Waals surface area contributed by atoms with Crippen LogP contribution >= 0.6 is 0 Å². The van der Waals surface area contributed by atoms with Crippen molar-refractivity contribution in [2.45, 2.75) is 40.2 Å². The molecule has 0 radical (unpaired) electrons. The van der Waals surface area contributed by atoms with Gasteiger partial charge in [0.15, 0.2) is 11.5 Å². The number of aliphatic hydroxyl groups is 1. The maximum Gasteiger partial charge on any atom is 0.294 e. The fraction of sp³-hybridized carbons (Fsp3) is 0.333. The van der Waals surface area contributed by atoms with Crippen LogP contribution in [-0.4, -0.2) is 23.4 Å². The molecule has 0 saturated heterocycles. The predicted octanol–water partition coefficient (Wildman–Crippen LogP) is 4.91. The summed E-state index contributed by atoms with van der Waals surface area (Å²) in [5.41, 5.74) is 2.50. The minimum absolute atomic E-state index is 0.112. The molecule has 1 atom stereocenters. The lowest BCUT2D eigenvalue weighted by atomic mass is 9.92. The molecule has 2 aromatic carbocycles. The maximum atomic E-state index is 13.0. The Balaban J connectivity index is 2.15. The van der Waals surface area contributed by atoms with E-state index in [-0.39, 0.29) is 23.7 Å². The Kier molecular flexibility index (Phi) is 6.06. The first-order valence-corrected chi connectivity index (χ1v) is 9.92. The number of aliphatic hydroxyl groups excluding tert-OH is 1. The zero-order valence-electron chi connectivity index (χ0n) is 17.3. The van der Waals surface area contributed by atoms with Crippen molar-refractivity contribution in [2.75, 3.05) is 11.5 Å². The van der Waals surface area contributed by atoms with E-state index in [2.05, 4.69) is 0 Å². The van der Waals surface area contributed by atoms with Crippen molar-refractivity contribution < 1.29 is 19.4 Å². The van der Waals surface area contributed by atoms with Gasteiger partial charge in [-0.2, -0.15) is 0 Å². The number of hydrogen-bond donors (Lipinski definition) is 1. The topological polar surface area (TPSA) is 66.8 Å². The summed E-state index contributed by atoms with van der Waals surface area (Å²) in [6, 6.07) is 14.1. The normalized spacial score (nSPS) is 16.7. The van der Waals surface area contributed by atoms with Crippen LogP contribution < -0.4 is 9.64 Å². The minimum atomic E-state index is -0.698. The molecule has 3 rings (SSSR count). The third kappa shape index (κ3) is 4.19. The van der Waals surface area contributed by atoms with Gasteiger partial charge in [-0.05, 0) is 55.2 Å². The third-order valence-corrected chi connectivity index (χ3v) is 4.87. The Labute approximate surface area is 171 Å². The molecule has 1 aliphatic rings. The van der Waals surface area contributed by atoms with Crippen molar-refractivity contribution >= 4 is 17.4 Å². The van der Waals surface area contributed by atoms with Gasteiger partial charge in [-0.1, -0.05) is 38.1 Å². The lowest BCUT2D eigenvalue weighted by Crippen LogP contribution is -2.31. The molecular formula is C24H27NO4. The van der Waals surface area contributed by atoms with E-state index in [0.717, 1.165) is 11.1 Å². The minimum Gasteiger partial charge on any atom is -0.503 e. The zero-order chi connectivity index (χ0) is 21.1. The zero-order valence-corrected chi connectivity index (χ0v) is 17.3. The molecule has 0 aliphatic carbocycles. The Morgan fingerprint density at radius 3 is 2.55 bits per heavy atom. The standard InChI is InChI=1S/C24H27NO4/c1-5-29-19-11-7-9-17(14-19)22-21(20(26)12-15(2)3)23(27)24(28)25(22)18-10-6-8-16(4)13-18/h6-11,13-15,22,27H,5,12H2,1-4H3. The van der Waals surface area contributed by atoms with E-state index < -0.39 is 17.7 Å². The summed E-state index contributed by atoms with van der Waals surface area (Å²) < 4.78 is 5.61. The number of amides is 1. The highest BCUT2D eigenvalue weighted by Gasteiger charge is 2.44.